The van der Waals surface area contributed by atoms with E-state index in [2.05, 4.69) is 24.6 Å². The first-order chi connectivity index (χ1) is 10.5. The van der Waals surface area contributed by atoms with Gasteiger partial charge in [0.2, 0.25) is 0 Å². The summed E-state index contributed by atoms with van der Waals surface area (Å²) in [5, 5.41) is 5.97. The van der Waals surface area contributed by atoms with Gasteiger partial charge < -0.3 is 9.88 Å². The van der Waals surface area contributed by atoms with Crippen molar-refractivity contribution in [3.8, 4) is 0 Å². The minimum Gasteiger partial charge on any atom is -0.356 e. The van der Waals surface area contributed by atoms with E-state index in [1.807, 2.05) is 12.3 Å². The molecule has 0 atom stereocenters. The van der Waals surface area contributed by atoms with E-state index in [0.717, 1.165) is 49.2 Å². The lowest BCUT2D eigenvalue weighted by Gasteiger charge is -2.33. The van der Waals surface area contributed by atoms with Crippen molar-refractivity contribution in [2.24, 2.45) is 11.1 Å². The molecule has 120 valence electrons. The van der Waals surface area contributed by atoms with Crippen molar-refractivity contribution >= 4 is 27.1 Å². The maximum atomic E-state index is 10.9. The molecule has 0 bridgehead atoms. The second-order valence-electron chi connectivity index (χ2n) is 5.60. The van der Waals surface area contributed by atoms with Gasteiger partial charge >= 0.3 is 0 Å². The number of nitrogens with one attached hydrogen (secondary N) is 2. The van der Waals surface area contributed by atoms with Crippen LogP contribution in [0.3, 0.4) is 0 Å². The van der Waals surface area contributed by atoms with Crippen molar-refractivity contribution in [2.75, 3.05) is 24.5 Å². The summed E-state index contributed by atoms with van der Waals surface area (Å²) < 4.78 is 24.0. The van der Waals surface area contributed by atoms with Gasteiger partial charge in [0.1, 0.15) is 17.8 Å². The summed E-state index contributed by atoms with van der Waals surface area (Å²) in [7, 11) is -3.58. The van der Waals surface area contributed by atoms with Crippen molar-refractivity contribution in [3.05, 3.63) is 18.6 Å². The molecule has 4 N–H and O–H groups in total. The van der Waals surface area contributed by atoms with Gasteiger partial charge in [0.15, 0.2) is 0 Å². The SMILES string of the molecule is NS(=O)(=O)NCCC1CCN(c2ncnc3[nH]ccc23)CC1. The van der Waals surface area contributed by atoms with Crippen LogP contribution in [0.15, 0.2) is 18.6 Å². The van der Waals surface area contributed by atoms with Crippen LogP contribution in [0.2, 0.25) is 0 Å². The van der Waals surface area contributed by atoms with Crippen LogP contribution in [0.1, 0.15) is 19.3 Å². The molecule has 1 aliphatic rings. The maximum Gasteiger partial charge on any atom is 0.274 e. The number of fused-ring (bicyclic) bond motifs is 1. The number of piperidine rings is 1. The van der Waals surface area contributed by atoms with Crippen molar-refractivity contribution < 1.29 is 8.42 Å². The Morgan fingerprint density at radius 1 is 1.36 bits per heavy atom. The molecular formula is C13H20N6O2S. The molecule has 2 aromatic rings. The Morgan fingerprint density at radius 2 is 2.14 bits per heavy atom. The molecule has 1 aliphatic heterocycles. The van der Waals surface area contributed by atoms with Crippen molar-refractivity contribution in [1.82, 2.24) is 19.7 Å². The smallest absolute Gasteiger partial charge is 0.274 e. The number of nitrogens with two attached hydrogens (primary N) is 1. The number of anilines is 1. The predicted molar refractivity (Wildman–Crippen MR) is 84.6 cm³/mol. The minimum absolute atomic E-state index is 0.402. The van der Waals surface area contributed by atoms with Gasteiger partial charge in [-0.15, -0.1) is 0 Å². The lowest BCUT2D eigenvalue weighted by molar-refractivity contribution is 0.381. The highest BCUT2D eigenvalue weighted by Crippen LogP contribution is 2.27. The van der Waals surface area contributed by atoms with Crippen LogP contribution >= 0.6 is 0 Å². The van der Waals surface area contributed by atoms with E-state index < -0.39 is 10.2 Å². The molecule has 22 heavy (non-hydrogen) atoms. The Labute approximate surface area is 129 Å². The molecule has 3 heterocycles. The number of hydrogen-bond donors (Lipinski definition) is 3. The highest BCUT2D eigenvalue weighted by molar-refractivity contribution is 7.87. The van der Waals surface area contributed by atoms with Crippen LogP contribution in [0.5, 0.6) is 0 Å². The Bertz CT molecular complexity index is 736. The van der Waals surface area contributed by atoms with Gasteiger partial charge in [-0.1, -0.05) is 0 Å². The fraction of sp³-hybridized carbons (Fsp3) is 0.538. The van der Waals surface area contributed by atoms with Crippen molar-refractivity contribution in [1.29, 1.82) is 0 Å². The first kappa shape index (κ1) is 15.2. The number of H-pyrrole nitrogens is 1. The predicted octanol–water partition coefficient (Wildman–Crippen LogP) is 0.357. The topological polar surface area (TPSA) is 117 Å². The zero-order valence-electron chi connectivity index (χ0n) is 12.2. The molecule has 1 saturated heterocycles. The Hall–Kier alpha value is -1.71. The normalized spacial score (nSPS) is 17.2. The Morgan fingerprint density at radius 3 is 2.86 bits per heavy atom. The average molecular weight is 324 g/mol. The van der Waals surface area contributed by atoms with E-state index in [0.29, 0.717) is 12.5 Å². The zero-order chi connectivity index (χ0) is 15.6. The van der Waals surface area contributed by atoms with Gasteiger partial charge in [0, 0.05) is 25.8 Å². The molecule has 0 unspecified atom stereocenters. The van der Waals surface area contributed by atoms with Gasteiger partial charge in [-0.05, 0) is 31.2 Å². The first-order valence-electron chi connectivity index (χ1n) is 7.33. The molecule has 3 rings (SSSR count). The lowest BCUT2D eigenvalue weighted by Crippen LogP contribution is -2.37. The van der Waals surface area contributed by atoms with Crippen LogP contribution in [0, 0.1) is 5.92 Å². The largest absolute Gasteiger partial charge is 0.356 e. The standard InChI is InChI=1S/C13H20N6O2S/c14-22(20,21)18-6-1-10-3-7-19(8-4-10)13-11-2-5-15-12(11)16-9-17-13/h2,5,9-10,18H,1,3-4,6-8H2,(H2,14,20,21)(H,15,16,17). The molecule has 0 saturated carbocycles. The van der Waals surface area contributed by atoms with Gasteiger partial charge in [0.05, 0.1) is 5.39 Å². The molecule has 0 aliphatic carbocycles. The van der Waals surface area contributed by atoms with E-state index in [1.54, 1.807) is 6.33 Å². The number of nitrogens with zero attached hydrogens (tertiary/aromatic N) is 3. The Kier molecular flexibility index (Phi) is 4.27. The molecule has 2 aromatic heterocycles. The summed E-state index contributed by atoms with van der Waals surface area (Å²) >= 11 is 0. The van der Waals surface area contributed by atoms with Crippen molar-refractivity contribution in [3.63, 3.8) is 0 Å². The molecule has 1 fully saturated rings. The number of aromatic nitrogens is 3. The van der Waals surface area contributed by atoms with E-state index in [-0.39, 0.29) is 0 Å². The van der Waals surface area contributed by atoms with Crippen molar-refractivity contribution in [2.45, 2.75) is 19.3 Å². The third kappa shape index (κ3) is 3.54. The fourth-order valence-electron chi connectivity index (χ4n) is 2.95. The molecule has 0 spiro atoms. The number of rotatable bonds is 5. The summed E-state index contributed by atoms with van der Waals surface area (Å²) in [6.07, 6.45) is 6.29. The molecule has 0 aromatic carbocycles. The Balaban J connectivity index is 1.57. The first-order valence-corrected chi connectivity index (χ1v) is 8.88. The van der Waals surface area contributed by atoms with Crippen LogP contribution in [-0.4, -0.2) is 43.0 Å². The molecule has 9 heteroatoms. The van der Waals surface area contributed by atoms with E-state index in [1.165, 1.54) is 0 Å². The van der Waals surface area contributed by atoms with Gasteiger partial charge in [-0.2, -0.15) is 8.42 Å². The fourth-order valence-corrected chi connectivity index (χ4v) is 3.35. The third-order valence-corrected chi connectivity index (χ3v) is 4.71. The highest BCUT2D eigenvalue weighted by atomic mass is 32.2. The maximum absolute atomic E-state index is 10.9. The van der Waals surface area contributed by atoms with Crippen LogP contribution in [-0.2, 0) is 10.2 Å². The quantitative estimate of drug-likeness (QED) is 0.734. The van der Waals surface area contributed by atoms with Crippen LogP contribution in [0.25, 0.3) is 11.0 Å². The monoisotopic (exact) mass is 324 g/mol. The van der Waals surface area contributed by atoms with Gasteiger partial charge in [-0.25, -0.2) is 19.8 Å². The molecular weight excluding hydrogens is 304 g/mol. The minimum atomic E-state index is -3.58. The highest BCUT2D eigenvalue weighted by Gasteiger charge is 2.21. The summed E-state index contributed by atoms with van der Waals surface area (Å²) in [5.41, 5.74) is 0.851. The number of hydrogen-bond acceptors (Lipinski definition) is 5. The van der Waals surface area contributed by atoms with E-state index in [4.69, 9.17) is 5.14 Å². The molecule has 0 radical (unpaired) electrons. The second kappa shape index (κ2) is 6.19. The second-order valence-corrected chi connectivity index (χ2v) is 6.97. The van der Waals surface area contributed by atoms with Crippen LogP contribution in [0.4, 0.5) is 5.82 Å². The zero-order valence-corrected chi connectivity index (χ0v) is 13.0. The molecule has 0 amide bonds. The van der Waals surface area contributed by atoms with Crippen LogP contribution < -0.4 is 14.8 Å². The summed E-state index contributed by atoms with van der Waals surface area (Å²) in [6.45, 7) is 2.23. The molecule has 8 nitrogen and oxygen atoms in total. The third-order valence-electron chi connectivity index (χ3n) is 4.10. The lowest BCUT2D eigenvalue weighted by atomic mass is 9.93. The van der Waals surface area contributed by atoms with E-state index in [9.17, 15) is 8.42 Å². The average Bonchev–Trinajstić information content (AvgIpc) is 2.95. The van der Waals surface area contributed by atoms with E-state index >= 15 is 0 Å². The van der Waals surface area contributed by atoms with Gasteiger partial charge in [0.25, 0.3) is 10.2 Å². The summed E-state index contributed by atoms with van der Waals surface area (Å²) in [4.78, 5) is 14.0. The summed E-state index contributed by atoms with van der Waals surface area (Å²) in [5.74, 6) is 1.47. The summed E-state index contributed by atoms with van der Waals surface area (Å²) in [6, 6.07) is 1.99. The van der Waals surface area contributed by atoms with Gasteiger partial charge in [-0.3, -0.25) is 0 Å². The number of aromatic amines is 1.